The van der Waals surface area contributed by atoms with Gasteiger partial charge in [0.05, 0.1) is 43.7 Å². The lowest BCUT2D eigenvalue weighted by atomic mass is 9.90. The first-order valence-electron chi connectivity index (χ1n) is 11.0. The summed E-state index contributed by atoms with van der Waals surface area (Å²) in [6.07, 6.45) is 2.86. The molecule has 156 valence electrons. The highest BCUT2D eigenvalue weighted by molar-refractivity contribution is 6.02. The van der Waals surface area contributed by atoms with Gasteiger partial charge in [0.2, 0.25) is 12.5 Å². The lowest BCUT2D eigenvalue weighted by molar-refractivity contribution is -0.929. The summed E-state index contributed by atoms with van der Waals surface area (Å²) in [4.78, 5) is 1.65. The Morgan fingerprint density at radius 3 is 2.67 bits per heavy atom. The van der Waals surface area contributed by atoms with Crippen molar-refractivity contribution in [3.8, 4) is 17.2 Å². The second-order valence-corrected chi connectivity index (χ2v) is 9.08. The van der Waals surface area contributed by atoms with Crippen molar-refractivity contribution in [3.05, 3.63) is 53.6 Å². The van der Waals surface area contributed by atoms with E-state index in [0.29, 0.717) is 12.8 Å². The van der Waals surface area contributed by atoms with Gasteiger partial charge >= 0.3 is 0 Å². The molecule has 0 aromatic heterocycles. The van der Waals surface area contributed by atoms with Crippen LogP contribution in [-0.4, -0.2) is 42.4 Å². The summed E-state index contributed by atoms with van der Waals surface area (Å²) in [6.45, 7) is 7.12. The maximum atomic E-state index is 6.72. The Kier molecular flexibility index (Phi) is 4.00. The summed E-state index contributed by atoms with van der Waals surface area (Å²) in [6, 6.07) is 15.5. The Balaban J connectivity index is 1.38. The molecule has 30 heavy (non-hydrogen) atoms. The molecule has 1 spiro atoms. The van der Waals surface area contributed by atoms with E-state index in [4.69, 9.17) is 19.3 Å². The third-order valence-electron chi connectivity index (χ3n) is 7.10. The fourth-order valence-electron chi connectivity index (χ4n) is 5.35. The molecular weight excluding hydrogens is 378 g/mol. The predicted octanol–water partition coefficient (Wildman–Crippen LogP) is 2.74. The van der Waals surface area contributed by atoms with Crippen LogP contribution < -0.4 is 19.1 Å². The maximum Gasteiger partial charge on any atom is 0.231 e. The third kappa shape index (κ3) is 2.70. The number of hydrogen-bond acceptors (Lipinski definition) is 5. The zero-order valence-electron chi connectivity index (χ0n) is 17.6. The smallest absolute Gasteiger partial charge is 0.231 e. The number of nitrogens with one attached hydrogen (secondary N) is 1. The van der Waals surface area contributed by atoms with Gasteiger partial charge in [-0.05, 0) is 38.1 Å². The lowest BCUT2D eigenvalue weighted by Crippen LogP contribution is -3.16. The van der Waals surface area contributed by atoms with Crippen LogP contribution in [0, 0.1) is 0 Å². The molecule has 0 saturated carbocycles. The van der Waals surface area contributed by atoms with Crippen molar-refractivity contribution in [2.24, 2.45) is 5.10 Å². The van der Waals surface area contributed by atoms with E-state index in [1.165, 1.54) is 5.56 Å². The van der Waals surface area contributed by atoms with Crippen molar-refractivity contribution in [2.45, 2.75) is 50.9 Å². The Bertz CT molecular complexity index is 1010. The Morgan fingerprint density at radius 1 is 1.03 bits per heavy atom. The molecule has 6 heteroatoms. The molecule has 0 bridgehead atoms. The fourth-order valence-corrected chi connectivity index (χ4v) is 5.35. The van der Waals surface area contributed by atoms with Gasteiger partial charge in [0.25, 0.3) is 0 Å². The van der Waals surface area contributed by atoms with Crippen LogP contribution in [0.3, 0.4) is 0 Å². The molecule has 2 aromatic carbocycles. The molecule has 6 nitrogen and oxygen atoms in total. The normalized spacial score (nSPS) is 28.9. The van der Waals surface area contributed by atoms with Gasteiger partial charge in [-0.15, -0.1) is 0 Å². The quantitative estimate of drug-likeness (QED) is 0.833. The topological polar surface area (TPSA) is 47.7 Å². The van der Waals surface area contributed by atoms with Gasteiger partial charge in [-0.3, -0.25) is 0 Å². The number of quaternary nitrogens is 1. The van der Waals surface area contributed by atoms with Gasteiger partial charge in [-0.25, -0.2) is 5.01 Å². The zero-order valence-corrected chi connectivity index (χ0v) is 17.6. The van der Waals surface area contributed by atoms with E-state index in [9.17, 15) is 0 Å². The summed E-state index contributed by atoms with van der Waals surface area (Å²) >= 11 is 0. The van der Waals surface area contributed by atoms with Gasteiger partial charge in [0.1, 0.15) is 5.75 Å². The van der Waals surface area contributed by atoms with Gasteiger partial charge in [-0.2, -0.15) is 5.10 Å². The number of hydrazone groups is 1. The van der Waals surface area contributed by atoms with Crippen molar-refractivity contribution >= 4 is 5.71 Å². The summed E-state index contributed by atoms with van der Waals surface area (Å²) in [7, 11) is 0. The van der Waals surface area contributed by atoms with Crippen LogP contribution in [-0.2, 0) is 0 Å². The molecule has 1 fully saturated rings. The van der Waals surface area contributed by atoms with Crippen molar-refractivity contribution < 1.29 is 19.1 Å². The molecule has 4 heterocycles. The van der Waals surface area contributed by atoms with Gasteiger partial charge in [0, 0.05) is 17.5 Å². The number of rotatable bonds is 2. The zero-order chi connectivity index (χ0) is 20.3. The van der Waals surface area contributed by atoms with Crippen LogP contribution in [0.2, 0.25) is 0 Å². The fraction of sp³-hybridized carbons (Fsp3) is 0.458. The molecule has 1 N–H and O–H groups in total. The number of ether oxygens (including phenoxy) is 3. The molecule has 1 saturated heterocycles. The average molecular weight is 407 g/mol. The highest BCUT2D eigenvalue weighted by Gasteiger charge is 2.53. The first-order valence-corrected chi connectivity index (χ1v) is 11.0. The second kappa shape index (κ2) is 6.64. The average Bonchev–Trinajstić information content (AvgIpc) is 3.41. The lowest BCUT2D eigenvalue weighted by Gasteiger charge is -2.50. The Morgan fingerprint density at radius 2 is 1.83 bits per heavy atom. The maximum absolute atomic E-state index is 6.72. The molecule has 1 atom stereocenters. The summed E-state index contributed by atoms with van der Waals surface area (Å²) in [5, 5.41) is 7.45. The molecule has 4 aliphatic rings. The molecular formula is C24H28N3O3+. The summed E-state index contributed by atoms with van der Waals surface area (Å²) in [5.41, 5.74) is 3.08. The highest BCUT2D eigenvalue weighted by Crippen LogP contribution is 2.49. The van der Waals surface area contributed by atoms with Crippen LogP contribution in [0.5, 0.6) is 17.2 Å². The van der Waals surface area contributed by atoms with Crippen molar-refractivity contribution in [3.63, 3.8) is 0 Å². The van der Waals surface area contributed by atoms with E-state index >= 15 is 0 Å². The van der Waals surface area contributed by atoms with E-state index in [-0.39, 0.29) is 11.8 Å². The van der Waals surface area contributed by atoms with Gasteiger partial charge in [0.15, 0.2) is 11.5 Å². The van der Waals surface area contributed by atoms with Gasteiger partial charge < -0.3 is 19.1 Å². The largest absolute Gasteiger partial charge is 0.466 e. The van der Waals surface area contributed by atoms with Crippen molar-refractivity contribution in [2.75, 3.05) is 19.9 Å². The van der Waals surface area contributed by atoms with Crippen LogP contribution in [0.25, 0.3) is 0 Å². The number of likely N-dealkylation sites (tertiary alicyclic amines) is 1. The number of fused-ring (bicyclic) bond motifs is 5. The minimum atomic E-state index is -0.352. The number of piperidine rings is 1. The minimum Gasteiger partial charge on any atom is -0.466 e. The third-order valence-corrected chi connectivity index (χ3v) is 7.10. The van der Waals surface area contributed by atoms with Crippen molar-refractivity contribution in [1.29, 1.82) is 0 Å². The number of benzene rings is 2. The summed E-state index contributed by atoms with van der Waals surface area (Å²) in [5.74, 6) is 2.64. The number of nitrogens with zero attached hydrogens (tertiary/aromatic N) is 2. The predicted molar refractivity (Wildman–Crippen MR) is 113 cm³/mol. The molecule has 6 rings (SSSR count). The number of para-hydroxylation sites is 1. The van der Waals surface area contributed by atoms with E-state index in [2.05, 4.69) is 55.3 Å². The van der Waals surface area contributed by atoms with E-state index < -0.39 is 0 Å². The highest BCUT2D eigenvalue weighted by atomic mass is 16.7. The van der Waals surface area contributed by atoms with Crippen LogP contribution in [0.4, 0.5) is 0 Å². The van der Waals surface area contributed by atoms with E-state index in [0.717, 1.165) is 60.9 Å². The molecule has 0 radical (unpaired) electrons. The monoisotopic (exact) mass is 406 g/mol. The minimum absolute atomic E-state index is 0.218. The second-order valence-electron chi connectivity index (χ2n) is 9.08. The summed E-state index contributed by atoms with van der Waals surface area (Å²) < 4.78 is 17.8. The van der Waals surface area contributed by atoms with Gasteiger partial charge in [-0.1, -0.05) is 18.2 Å². The SMILES string of the molecule is CC(C)[NH+]1CCC2(CC1)Oc1ccccc1[C@H]1CC(c3ccc4c(c3)OCO4)=NN12. The first kappa shape index (κ1) is 18.1. The number of hydrogen-bond donors (Lipinski definition) is 1. The van der Waals surface area contributed by atoms with Crippen molar-refractivity contribution in [1.82, 2.24) is 5.01 Å². The van der Waals surface area contributed by atoms with Crippen LogP contribution >= 0.6 is 0 Å². The van der Waals surface area contributed by atoms with E-state index in [1.807, 2.05) is 6.07 Å². The van der Waals surface area contributed by atoms with E-state index in [1.54, 1.807) is 4.90 Å². The molecule has 2 aromatic rings. The Hall–Kier alpha value is -2.73. The standard InChI is InChI=1S/C24H27N3O3/c1-16(2)26-11-9-24(10-12-26)27-20(18-5-3-4-6-21(18)30-24)14-19(25-27)17-7-8-22-23(13-17)29-15-28-22/h3-8,13,16,20H,9-12,14-15H2,1-2H3/p+1/t20-/m1/s1. The first-order chi connectivity index (χ1) is 14.6. The Labute approximate surface area is 177 Å². The molecule has 0 amide bonds. The molecule has 4 aliphatic heterocycles. The van der Waals surface area contributed by atoms with Crippen LogP contribution in [0.1, 0.15) is 50.3 Å². The molecule has 0 unspecified atom stereocenters. The van der Waals surface area contributed by atoms with Crippen LogP contribution in [0.15, 0.2) is 47.6 Å². The molecule has 0 aliphatic carbocycles.